The van der Waals surface area contributed by atoms with Gasteiger partial charge in [0.2, 0.25) is 5.95 Å². The van der Waals surface area contributed by atoms with E-state index in [-0.39, 0.29) is 0 Å². The van der Waals surface area contributed by atoms with Gasteiger partial charge in [-0.15, -0.1) is 0 Å². The van der Waals surface area contributed by atoms with Crippen LogP contribution in [0.5, 0.6) is 0 Å². The number of imidazole rings is 1. The lowest BCUT2D eigenvalue weighted by Gasteiger charge is -2.13. The van der Waals surface area contributed by atoms with E-state index < -0.39 is 0 Å². The fourth-order valence-electron chi connectivity index (χ4n) is 6.78. The van der Waals surface area contributed by atoms with E-state index in [9.17, 15) is 0 Å². The first-order valence-electron chi connectivity index (χ1n) is 13.7. The first-order valence-corrected chi connectivity index (χ1v) is 13.7. The van der Waals surface area contributed by atoms with E-state index >= 15 is 0 Å². The van der Waals surface area contributed by atoms with Crippen LogP contribution in [-0.4, -0.2) is 18.7 Å². The molecule has 4 nitrogen and oxygen atoms in total. The summed E-state index contributed by atoms with van der Waals surface area (Å²) in [6, 6.07) is 45.5. The van der Waals surface area contributed by atoms with Crippen molar-refractivity contribution in [2.24, 2.45) is 7.05 Å². The monoisotopic (exact) mass is 512 g/mol. The number of nitrogens with zero attached hydrogens (tertiary/aromatic N) is 4. The molecule has 40 heavy (non-hydrogen) atoms. The molecule has 0 saturated heterocycles. The van der Waals surface area contributed by atoms with E-state index in [1.54, 1.807) is 0 Å². The van der Waals surface area contributed by atoms with Gasteiger partial charge >= 0.3 is 0 Å². The third kappa shape index (κ3) is 2.67. The number of hydrogen-bond acceptors (Lipinski definition) is 1. The maximum absolute atomic E-state index is 5.21. The molecule has 0 aliphatic carbocycles. The van der Waals surface area contributed by atoms with Crippen LogP contribution in [-0.2, 0) is 7.05 Å². The van der Waals surface area contributed by atoms with Gasteiger partial charge in [-0.05, 0) is 47.2 Å². The highest BCUT2D eigenvalue weighted by molar-refractivity contribution is 6.36. The molecular formula is C36H24N4. The second-order valence-electron chi connectivity index (χ2n) is 10.5. The molecule has 4 heteroatoms. The van der Waals surface area contributed by atoms with Crippen LogP contribution in [0.15, 0.2) is 127 Å². The van der Waals surface area contributed by atoms with E-state index in [4.69, 9.17) is 4.98 Å². The number of aromatic nitrogens is 4. The molecule has 0 atom stereocenters. The molecule has 9 aromatic rings. The fourth-order valence-corrected chi connectivity index (χ4v) is 6.78. The molecule has 188 valence electrons. The number of para-hydroxylation sites is 5. The Bertz CT molecular complexity index is 2440. The van der Waals surface area contributed by atoms with Crippen LogP contribution >= 0.6 is 0 Å². The van der Waals surface area contributed by atoms with Crippen molar-refractivity contribution >= 4 is 65.4 Å². The zero-order valence-electron chi connectivity index (χ0n) is 21.9. The molecule has 0 fully saturated rings. The van der Waals surface area contributed by atoms with E-state index in [1.165, 1.54) is 48.9 Å². The van der Waals surface area contributed by atoms with E-state index in [1.807, 2.05) is 0 Å². The molecule has 0 amide bonds. The van der Waals surface area contributed by atoms with Crippen molar-refractivity contribution in [2.45, 2.75) is 0 Å². The molecule has 0 N–H and O–H groups in total. The Labute approximate surface area is 229 Å². The van der Waals surface area contributed by atoms with Gasteiger partial charge in [0.25, 0.3) is 0 Å². The molecular weight excluding hydrogens is 488 g/mol. The van der Waals surface area contributed by atoms with Crippen molar-refractivity contribution in [1.82, 2.24) is 18.7 Å². The highest BCUT2D eigenvalue weighted by Gasteiger charge is 2.25. The van der Waals surface area contributed by atoms with Gasteiger partial charge in [0, 0.05) is 34.3 Å². The van der Waals surface area contributed by atoms with Crippen molar-refractivity contribution in [3.63, 3.8) is 0 Å². The summed E-state index contributed by atoms with van der Waals surface area (Å²) >= 11 is 0. The van der Waals surface area contributed by atoms with Crippen LogP contribution in [0.1, 0.15) is 0 Å². The third-order valence-corrected chi connectivity index (χ3v) is 8.42. The van der Waals surface area contributed by atoms with Crippen molar-refractivity contribution < 1.29 is 0 Å². The van der Waals surface area contributed by atoms with Gasteiger partial charge in [-0.3, -0.25) is 4.57 Å². The Morgan fingerprint density at radius 3 is 1.55 bits per heavy atom. The molecule has 0 aliphatic rings. The molecule has 0 aliphatic heterocycles. The Kier molecular flexibility index (Phi) is 4.23. The van der Waals surface area contributed by atoms with Gasteiger partial charge < -0.3 is 9.13 Å². The molecule has 0 bridgehead atoms. The zero-order valence-corrected chi connectivity index (χ0v) is 21.9. The summed E-state index contributed by atoms with van der Waals surface area (Å²) in [5, 5.41) is 7.53. The lowest BCUT2D eigenvalue weighted by atomic mass is 9.98. The van der Waals surface area contributed by atoms with Gasteiger partial charge in [0.05, 0.1) is 33.1 Å². The maximum atomic E-state index is 5.21. The summed E-state index contributed by atoms with van der Waals surface area (Å²) in [6.45, 7) is 0. The second-order valence-corrected chi connectivity index (χ2v) is 10.5. The molecule has 3 heterocycles. The largest absolute Gasteiger partial charge is 0.313 e. The molecule has 6 aromatic carbocycles. The average Bonchev–Trinajstić information content (AvgIpc) is 3.65. The minimum atomic E-state index is 0.911. The minimum absolute atomic E-state index is 0.911. The fraction of sp³-hybridized carbons (Fsp3) is 0.0278. The van der Waals surface area contributed by atoms with E-state index in [0.29, 0.717) is 0 Å². The van der Waals surface area contributed by atoms with Gasteiger partial charge in [0.15, 0.2) is 0 Å². The van der Waals surface area contributed by atoms with Crippen LogP contribution in [0.2, 0.25) is 0 Å². The van der Waals surface area contributed by atoms with Crippen LogP contribution in [0.25, 0.3) is 77.1 Å². The van der Waals surface area contributed by atoms with Gasteiger partial charge in [-0.25, -0.2) is 4.98 Å². The SMILES string of the molecule is Cn1c(-n2c3ccccc3c3c4ccccc4c4c5ccccc5n(-c5ccccc5)c4c32)nc2ccccc21. The number of hydrogen-bond donors (Lipinski definition) is 0. The van der Waals surface area contributed by atoms with Crippen LogP contribution in [0, 0.1) is 0 Å². The van der Waals surface area contributed by atoms with Crippen LogP contribution in [0.3, 0.4) is 0 Å². The Morgan fingerprint density at radius 2 is 0.925 bits per heavy atom. The smallest absolute Gasteiger partial charge is 0.215 e. The second kappa shape index (κ2) is 7.84. The molecule has 0 radical (unpaired) electrons. The van der Waals surface area contributed by atoms with Crippen molar-refractivity contribution in [3.05, 3.63) is 127 Å². The van der Waals surface area contributed by atoms with Crippen molar-refractivity contribution in [2.75, 3.05) is 0 Å². The molecule has 0 unspecified atom stereocenters. The molecule has 3 aromatic heterocycles. The first-order chi connectivity index (χ1) is 19.8. The lowest BCUT2D eigenvalue weighted by molar-refractivity contribution is 0.870. The predicted octanol–water partition coefficient (Wildman–Crippen LogP) is 8.92. The number of fused-ring (bicyclic) bond motifs is 11. The number of rotatable bonds is 2. The summed E-state index contributed by atoms with van der Waals surface area (Å²) in [6.07, 6.45) is 0. The quantitative estimate of drug-likeness (QED) is 0.227. The van der Waals surface area contributed by atoms with Gasteiger partial charge in [0.1, 0.15) is 0 Å². The maximum Gasteiger partial charge on any atom is 0.215 e. The topological polar surface area (TPSA) is 27.7 Å². The van der Waals surface area contributed by atoms with E-state index in [2.05, 4.69) is 148 Å². The standard InChI is InChI=1S/C36H24N4/c1-38-31-22-12-9-19-28(31)37-36(38)40-30-21-11-8-18-27(30)33-25-16-6-5-15-24(25)32-26-17-7-10-20-29(26)39(34(32)35(33)40)23-13-3-2-4-14-23/h2-22H,1H3. The number of aryl methyl sites for hydroxylation is 1. The van der Waals surface area contributed by atoms with Crippen LogP contribution in [0.4, 0.5) is 0 Å². The summed E-state index contributed by atoms with van der Waals surface area (Å²) in [5.74, 6) is 0.911. The normalized spacial score (nSPS) is 12.1. The minimum Gasteiger partial charge on any atom is -0.313 e. The van der Waals surface area contributed by atoms with Crippen molar-refractivity contribution in [1.29, 1.82) is 0 Å². The summed E-state index contributed by atoms with van der Waals surface area (Å²) < 4.78 is 7.05. The van der Waals surface area contributed by atoms with Crippen molar-refractivity contribution in [3.8, 4) is 11.6 Å². The first kappa shape index (κ1) is 21.6. The van der Waals surface area contributed by atoms with E-state index in [0.717, 1.165) is 28.2 Å². The Morgan fingerprint density at radius 1 is 0.450 bits per heavy atom. The highest BCUT2D eigenvalue weighted by atomic mass is 15.2. The number of benzene rings is 6. The summed E-state index contributed by atoms with van der Waals surface area (Å²) in [5.41, 5.74) is 7.97. The molecule has 9 rings (SSSR count). The zero-order chi connectivity index (χ0) is 26.4. The molecule has 0 spiro atoms. The predicted molar refractivity (Wildman–Crippen MR) is 167 cm³/mol. The summed E-state index contributed by atoms with van der Waals surface area (Å²) in [4.78, 5) is 5.21. The third-order valence-electron chi connectivity index (χ3n) is 8.42. The van der Waals surface area contributed by atoms with Gasteiger partial charge in [-0.2, -0.15) is 0 Å². The Hall–Kier alpha value is -5.35. The highest BCUT2D eigenvalue weighted by Crippen LogP contribution is 2.46. The average molecular weight is 513 g/mol. The van der Waals surface area contributed by atoms with Gasteiger partial charge in [-0.1, -0.05) is 91.0 Å². The lowest BCUT2D eigenvalue weighted by Crippen LogP contribution is -2.04. The summed E-state index contributed by atoms with van der Waals surface area (Å²) in [7, 11) is 2.12. The van der Waals surface area contributed by atoms with Crippen LogP contribution < -0.4 is 0 Å². The molecule has 0 saturated carbocycles. The Balaban J connectivity index is 1.65.